The Hall–Kier alpha value is -4.05. The van der Waals surface area contributed by atoms with Gasteiger partial charge in [0.2, 0.25) is 0 Å². The lowest BCUT2D eigenvalue weighted by Crippen LogP contribution is -2.50. The molecule has 0 aliphatic carbocycles. The number of hydrogen-bond donors (Lipinski definition) is 0. The van der Waals surface area contributed by atoms with Crippen molar-refractivity contribution >= 4 is 11.6 Å². The van der Waals surface area contributed by atoms with Crippen molar-refractivity contribution in [3.63, 3.8) is 0 Å². The summed E-state index contributed by atoms with van der Waals surface area (Å²) in [6, 6.07) is 17.9. The van der Waals surface area contributed by atoms with Crippen molar-refractivity contribution in [2.45, 2.75) is 12.6 Å². The standard InChI is InChI=1S/C26H28FN7O2/c1-31(2)22-11-7-20(8-12-22)24(25-28-29-30-34(25)18-19-5-9-21(27)10-6-19)32-13-15-33(16-14-32)26(35)23-4-3-17-36-23/h3-12,17,24H,13-16,18H2,1-2H3/t24-/m1/s1. The van der Waals surface area contributed by atoms with E-state index in [9.17, 15) is 9.18 Å². The second-order valence-electron chi connectivity index (χ2n) is 9.02. The van der Waals surface area contributed by atoms with Crippen molar-refractivity contribution in [2.75, 3.05) is 45.2 Å². The number of hydrogen-bond acceptors (Lipinski definition) is 7. The number of nitrogens with zero attached hydrogens (tertiary/aromatic N) is 7. The van der Waals surface area contributed by atoms with E-state index in [1.807, 2.05) is 19.0 Å². The molecule has 3 heterocycles. The molecule has 0 bridgehead atoms. The molecule has 1 atom stereocenters. The molecule has 0 N–H and O–H groups in total. The summed E-state index contributed by atoms with van der Waals surface area (Å²) in [5.74, 6) is 0.662. The average Bonchev–Trinajstić information content (AvgIpc) is 3.59. The summed E-state index contributed by atoms with van der Waals surface area (Å²) in [5.41, 5.74) is 3.05. The van der Waals surface area contributed by atoms with Gasteiger partial charge in [-0.05, 0) is 58.0 Å². The molecule has 0 spiro atoms. The fraction of sp³-hybridized carbons (Fsp3) is 0.308. The second-order valence-corrected chi connectivity index (χ2v) is 9.02. The van der Waals surface area contributed by atoms with Gasteiger partial charge in [-0.3, -0.25) is 9.69 Å². The van der Waals surface area contributed by atoms with Crippen LogP contribution in [0, 0.1) is 5.82 Å². The second kappa shape index (κ2) is 10.3. The van der Waals surface area contributed by atoms with Crippen LogP contribution in [0.4, 0.5) is 10.1 Å². The van der Waals surface area contributed by atoms with Crippen LogP contribution in [0.3, 0.4) is 0 Å². The van der Waals surface area contributed by atoms with Crippen LogP contribution < -0.4 is 4.90 Å². The third-order valence-electron chi connectivity index (χ3n) is 6.47. The SMILES string of the molecule is CN(C)c1ccc([C@H](c2nnnn2Cc2ccc(F)cc2)N2CCN(C(=O)c3ccco3)CC2)cc1. The highest BCUT2D eigenvalue weighted by atomic mass is 19.1. The number of aromatic nitrogens is 4. The van der Waals surface area contributed by atoms with E-state index >= 15 is 0 Å². The lowest BCUT2D eigenvalue weighted by molar-refractivity contribution is 0.0559. The highest BCUT2D eigenvalue weighted by Gasteiger charge is 2.32. The van der Waals surface area contributed by atoms with Gasteiger partial charge in [0.25, 0.3) is 5.91 Å². The van der Waals surface area contributed by atoms with Gasteiger partial charge in [0.1, 0.15) is 5.82 Å². The molecular weight excluding hydrogens is 461 g/mol. The Morgan fingerprint density at radius 3 is 2.39 bits per heavy atom. The van der Waals surface area contributed by atoms with Crippen LogP contribution in [-0.2, 0) is 6.54 Å². The van der Waals surface area contributed by atoms with E-state index < -0.39 is 0 Å². The maximum absolute atomic E-state index is 13.4. The summed E-state index contributed by atoms with van der Waals surface area (Å²) in [4.78, 5) is 18.9. The Balaban J connectivity index is 1.42. The monoisotopic (exact) mass is 489 g/mol. The van der Waals surface area contributed by atoms with E-state index in [1.165, 1.54) is 18.4 Å². The first-order valence-corrected chi connectivity index (χ1v) is 11.8. The number of halogens is 1. The molecule has 0 radical (unpaired) electrons. The normalized spacial score (nSPS) is 15.1. The van der Waals surface area contributed by atoms with Crippen LogP contribution in [0.1, 0.15) is 33.5 Å². The Kier molecular flexibility index (Phi) is 6.77. The molecule has 10 heteroatoms. The summed E-state index contributed by atoms with van der Waals surface area (Å²) in [7, 11) is 4.01. The minimum atomic E-state index is -0.281. The lowest BCUT2D eigenvalue weighted by atomic mass is 10.0. The Labute approximate surface area is 208 Å². The van der Waals surface area contributed by atoms with E-state index in [1.54, 1.807) is 28.9 Å². The number of piperazine rings is 1. The van der Waals surface area contributed by atoms with Crippen molar-refractivity contribution in [3.8, 4) is 0 Å². The minimum absolute atomic E-state index is 0.104. The van der Waals surface area contributed by atoms with Gasteiger partial charge in [0, 0.05) is 46.0 Å². The molecule has 1 saturated heterocycles. The van der Waals surface area contributed by atoms with Crippen molar-refractivity contribution < 1.29 is 13.6 Å². The molecule has 1 aliphatic heterocycles. The van der Waals surface area contributed by atoms with E-state index in [-0.39, 0.29) is 17.8 Å². The summed E-state index contributed by atoms with van der Waals surface area (Å²) in [6.45, 7) is 2.84. The number of tetrazole rings is 1. The van der Waals surface area contributed by atoms with Crippen LogP contribution in [0.25, 0.3) is 0 Å². The number of benzene rings is 2. The predicted octanol–water partition coefficient (Wildman–Crippen LogP) is 3.07. The predicted molar refractivity (Wildman–Crippen MR) is 132 cm³/mol. The van der Waals surface area contributed by atoms with Crippen molar-refractivity contribution in [1.82, 2.24) is 30.0 Å². The number of furan rings is 1. The molecule has 1 fully saturated rings. The van der Waals surface area contributed by atoms with Crippen LogP contribution >= 0.6 is 0 Å². The van der Waals surface area contributed by atoms with E-state index in [2.05, 4.69) is 49.6 Å². The van der Waals surface area contributed by atoms with Crippen LogP contribution in [0.2, 0.25) is 0 Å². The molecule has 2 aromatic heterocycles. The smallest absolute Gasteiger partial charge is 0.289 e. The van der Waals surface area contributed by atoms with E-state index in [4.69, 9.17) is 4.42 Å². The topological polar surface area (TPSA) is 83.5 Å². The van der Waals surface area contributed by atoms with Crippen LogP contribution in [0.5, 0.6) is 0 Å². The highest BCUT2D eigenvalue weighted by Crippen LogP contribution is 2.30. The first kappa shape index (κ1) is 23.7. The van der Waals surface area contributed by atoms with Crippen molar-refractivity contribution in [1.29, 1.82) is 0 Å². The first-order chi connectivity index (χ1) is 17.5. The summed E-state index contributed by atoms with van der Waals surface area (Å²) in [6.07, 6.45) is 1.51. The average molecular weight is 490 g/mol. The van der Waals surface area contributed by atoms with Gasteiger partial charge in [0.05, 0.1) is 18.8 Å². The molecule has 0 saturated carbocycles. The Morgan fingerprint density at radius 2 is 1.75 bits per heavy atom. The zero-order valence-corrected chi connectivity index (χ0v) is 20.3. The molecule has 1 aliphatic rings. The third-order valence-corrected chi connectivity index (χ3v) is 6.47. The number of anilines is 1. The lowest BCUT2D eigenvalue weighted by Gasteiger charge is -2.38. The first-order valence-electron chi connectivity index (χ1n) is 11.8. The molecular formula is C26H28FN7O2. The zero-order chi connectivity index (χ0) is 25.1. The zero-order valence-electron chi connectivity index (χ0n) is 20.3. The highest BCUT2D eigenvalue weighted by molar-refractivity contribution is 5.91. The van der Waals surface area contributed by atoms with Crippen molar-refractivity contribution in [3.05, 3.63) is 95.5 Å². The van der Waals surface area contributed by atoms with Gasteiger partial charge in [-0.25, -0.2) is 9.07 Å². The fourth-order valence-corrected chi connectivity index (χ4v) is 4.50. The van der Waals surface area contributed by atoms with Gasteiger partial charge in [-0.15, -0.1) is 5.10 Å². The largest absolute Gasteiger partial charge is 0.459 e. The van der Waals surface area contributed by atoms with Gasteiger partial charge < -0.3 is 14.2 Å². The van der Waals surface area contributed by atoms with E-state index in [0.29, 0.717) is 44.3 Å². The molecule has 9 nitrogen and oxygen atoms in total. The van der Waals surface area contributed by atoms with Crippen molar-refractivity contribution in [2.24, 2.45) is 0 Å². The minimum Gasteiger partial charge on any atom is -0.459 e. The maximum Gasteiger partial charge on any atom is 0.289 e. The van der Waals surface area contributed by atoms with Crippen LogP contribution in [-0.4, -0.2) is 76.2 Å². The molecule has 1 amide bonds. The van der Waals surface area contributed by atoms with Gasteiger partial charge >= 0.3 is 0 Å². The molecule has 4 aromatic rings. The van der Waals surface area contributed by atoms with E-state index in [0.717, 1.165) is 16.8 Å². The maximum atomic E-state index is 13.4. The van der Waals surface area contributed by atoms with Crippen LogP contribution in [0.15, 0.2) is 71.3 Å². The molecule has 36 heavy (non-hydrogen) atoms. The summed E-state index contributed by atoms with van der Waals surface area (Å²) < 4.78 is 20.5. The number of carbonyl (C=O) groups excluding carboxylic acids is 1. The summed E-state index contributed by atoms with van der Waals surface area (Å²) >= 11 is 0. The number of rotatable bonds is 7. The number of amides is 1. The van der Waals surface area contributed by atoms with Gasteiger partial charge in [0.15, 0.2) is 11.6 Å². The van der Waals surface area contributed by atoms with Gasteiger partial charge in [-0.2, -0.15) is 0 Å². The molecule has 186 valence electrons. The molecule has 0 unspecified atom stereocenters. The summed E-state index contributed by atoms with van der Waals surface area (Å²) in [5, 5.41) is 12.6. The number of carbonyl (C=O) groups is 1. The fourth-order valence-electron chi connectivity index (χ4n) is 4.50. The quantitative estimate of drug-likeness (QED) is 0.395. The Morgan fingerprint density at radius 1 is 1.03 bits per heavy atom. The molecule has 2 aromatic carbocycles. The Bertz CT molecular complexity index is 1280. The molecule has 5 rings (SSSR count). The third kappa shape index (κ3) is 4.99. The van der Waals surface area contributed by atoms with Gasteiger partial charge in [-0.1, -0.05) is 24.3 Å².